The molecule has 25 heavy (non-hydrogen) atoms. The number of methoxy groups -OCH3 is 1. The Morgan fingerprint density at radius 2 is 1.84 bits per heavy atom. The number of hydrogen-bond acceptors (Lipinski definition) is 4. The van der Waals surface area contributed by atoms with Crippen LogP contribution in [0.25, 0.3) is 0 Å². The Morgan fingerprint density at radius 1 is 1.12 bits per heavy atom. The monoisotopic (exact) mass is 342 g/mol. The molecule has 1 saturated carbocycles. The summed E-state index contributed by atoms with van der Waals surface area (Å²) in [5.74, 6) is 1.79. The fourth-order valence-electron chi connectivity index (χ4n) is 3.61. The van der Waals surface area contributed by atoms with Gasteiger partial charge in [-0.2, -0.15) is 0 Å². The average Bonchev–Trinajstić information content (AvgIpc) is 3.15. The van der Waals surface area contributed by atoms with E-state index in [1.165, 1.54) is 0 Å². The Labute approximate surface area is 148 Å². The lowest BCUT2D eigenvalue weighted by atomic mass is 9.89. The van der Waals surface area contributed by atoms with Crippen LogP contribution in [0.5, 0.6) is 5.75 Å². The lowest BCUT2D eigenvalue weighted by Gasteiger charge is -2.32. The second kappa shape index (κ2) is 8.21. The molecule has 0 radical (unpaired) electrons. The van der Waals surface area contributed by atoms with Gasteiger partial charge in [0.1, 0.15) is 11.5 Å². The summed E-state index contributed by atoms with van der Waals surface area (Å²) in [5.41, 5.74) is 1.07. The molecule has 1 unspecified atom stereocenters. The molecule has 3 rings (SSSR count). The maximum atomic E-state index is 11.2. The van der Waals surface area contributed by atoms with Gasteiger partial charge in [0.15, 0.2) is 0 Å². The molecule has 0 aliphatic heterocycles. The van der Waals surface area contributed by atoms with Gasteiger partial charge in [-0.15, -0.1) is 0 Å². The third-order valence-corrected chi connectivity index (χ3v) is 4.81. The van der Waals surface area contributed by atoms with Gasteiger partial charge in [0.05, 0.1) is 19.4 Å². The van der Waals surface area contributed by atoms with E-state index in [2.05, 4.69) is 16.7 Å². The highest BCUT2D eigenvalue weighted by Gasteiger charge is 2.27. The Hall–Kier alpha value is -2.27. The lowest BCUT2D eigenvalue weighted by Crippen LogP contribution is -2.42. The Kier molecular flexibility index (Phi) is 5.76. The van der Waals surface area contributed by atoms with Crippen molar-refractivity contribution in [3.05, 3.63) is 54.0 Å². The van der Waals surface area contributed by atoms with E-state index < -0.39 is 0 Å². The van der Waals surface area contributed by atoms with Crippen LogP contribution in [0.15, 0.2) is 47.1 Å². The average molecular weight is 342 g/mol. The first-order valence-corrected chi connectivity index (χ1v) is 8.87. The number of benzene rings is 1. The molecule has 1 aromatic carbocycles. The first-order valence-electron chi connectivity index (χ1n) is 8.87. The van der Waals surface area contributed by atoms with Crippen molar-refractivity contribution >= 4 is 5.91 Å². The van der Waals surface area contributed by atoms with Gasteiger partial charge in [0, 0.05) is 24.6 Å². The van der Waals surface area contributed by atoms with Crippen LogP contribution in [0.2, 0.25) is 0 Å². The summed E-state index contributed by atoms with van der Waals surface area (Å²) in [4.78, 5) is 11.2. The number of carbonyl (C=O) groups is 1. The van der Waals surface area contributed by atoms with Crippen molar-refractivity contribution in [3.63, 3.8) is 0 Å². The number of hydrogen-bond donors (Lipinski definition) is 2. The molecule has 5 nitrogen and oxygen atoms in total. The first-order chi connectivity index (χ1) is 12.2. The molecule has 1 aliphatic carbocycles. The van der Waals surface area contributed by atoms with Gasteiger partial charge in [-0.25, -0.2) is 0 Å². The zero-order valence-corrected chi connectivity index (χ0v) is 14.8. The number of carbonyl (C=O) groups excluding carboxylic acids is 1. The Balaban J connectivity index is 1.73. The van der Waals surface area contributed by atoms with Crippen molar-refractivity contribution in [2.75, 3.05) is 7.11 Å². The SMILES string of the molecule is COc1ccccc1C(NC1CCC(NC(C)=O)CC1)c1ccco1. The smallest absolute Gasteiger partial charge is 0.217 e. The topological polar surface area (TPSA) is 63.5 Å². The van der Waals surface area contributed by atoms with Crippen LogP contribution in [-0.2, 0) is 4.79 Å². The van der Waals surface area contributed by atoms with E-state index in [9.17, 15) is 4.79 Å². The molecular formula is C20H26N2O3. The van der Waals surface area contributed by atoms with E-state index in [4.69, 9.17) is 9.15 Å². The molecule has 0 saturated heterocycles. The van der Waals surface area contributed by atoms with Gasteiger partial charge in [0.2, 0.25) is 5.91 Å². The van der Waals surface area contributed by atoms with Gasteiger partial charge < -0.3 is 19.8 Å². The highest BCUT2D eigenvalue weighted by Crippen LogP contribution is 2.32. The predicted octanol–water partition coefficient (Wildman–Crippen LogP) is 3.41. The van der Waals surface area contributed by atoms with Crippen molar-refractivity contribution < 1.29 is 13.9 Å². The van der Waals surface area contributed by atoms with Gasteiger partial charge in [-0.3, -0.25) is 4.79 Å². The third-order valence-electron chi connectivity index (χ3n) is 4.81. The summed E-state index contributed by atoms with van der Waals surface area (Å²) in [5, 5.41) is 6.76. The van der Waals surface area contributed by atoms with Gasteiger partial charge in [0.25, 0.3) is 0 Å². The summed E-state index contributed by atoms with van der Waals surface area (Å²) in [6, 6.07) is 12.6. The largest absolute Gasteiger partial charge is 0.496 e. The molecule has 5 heteroatoms. The maximum absolute atomic E-state index is 11.2. The highest BCUT2D eigenvalue weighted by atomic mass is 16.5. The number of ether oxygens (including phenoxy) is 1. The molecule has 2 N–H and O–H groups in total. The minimum atomic E-state index is -0.0477. The third kappa shape index (κ3) is 4.42. The molecule has 1 aromatic heterocycles. The lowest BCUT2D eigenvalue weighted by molar-refractivity contribution is -0.119. The Morgan fingerprint density at radius 3 is 2.48 bits per heavy atom. The second-order valence-electron chi connectivity index (χ2n) is 6.61. The van der Waals surface area contributed by atoms with E-state index >= 15 is 0 Å². The predicted molar refractivity (Wildman–Crippen MR) is 96.5 cm³/mol. The zero-order chi connectivity index (χ0) is 17.6. The van der Waals surface area contributed by atoms with Crippen LogP contribution < -0.4 is 15.4 Å². The molecule has 0 spiro atoms. The fraction of sp³-hybridized carbons (Fsp3) is 0.450. The number of rotatable bonds is 6. The number of para-hydroxylation sites is 1. The Bertz CT molecular complexity index is 676. The van der Waals surface area contributed by atoms with E-state index in [0.717, 1.165) is 42.8 Å². The maximum Gasteiger partial charge on any atom is 0.217 e. The molecule has 1 fully saturated rings. The van der Waals surface area contributed by atoms with Crippen LogP contribution in [0.4, 0.5) is 0 Å². The summed E-state index contributed by atoms with van der Waals surface area (Å²) < 4.78 is 11.2. The molecule has 1 atom stereocenters. The van der Waals surface area contributed by atoms with Gasteiger partial charge >= 0.3 is 0 Å². The molecule has 1 aliphatic rings. The van der Waals surface area contributed by atoms with Crippen molar-refractivity contribution in [2.45, 2.75) is 50.7 Å². The second-order valence-corrected chi connectivity index (χ2v) is 6.61. The molecule has 134 valence electrons. The van der Waals surface area contributed by atoms with Gasteiger partial charge in [-0.1, -0.05) is 18.2 Å². The van der Waals surface area contributed by atoms with Crippen molar-refractivity contribution in [3.8, 4) is 5.75 Å². The highest BCUT2D eigenvalue weighted by molar-refractivity contribution is 5.73. The summed E-state index contributed by atoms with van der Waals surface area (Å²) in [7, 11) is 1.69. The van der Waals surface area contributed by atoms with Crippen LogP contribution >= 0.6 is 0 Å². The minimum absolute atomic E-state index is 0.0477. The molecule has 1 heterocycles. The van der Waals surface area contributed by atoms with Crippen molar-refractivity contribution in [1.29, 1.82) is 0 Å². The van der Waals surface area contributed by atoms with Crippen LogP contribution in [-0.4, -0.2) is 25.1 Å². The molecule has 1 amide bonds. The summed E-state index contributed by atoms with van der Waals surface area (Å²) in [6.45, 7) is 1.58. The normalized spacial score (nSPS) is 21.5. The number of amides is 1. The van der Waals surface area contributed by atoms with E-state index in [1.54, 1.807) is 20.3 Å². The summed E-state index contributed by atoms with van der Waals surface area (Å²) >= 11 is 0. The molecular weight excluding hydrogens is 316 g/mol. The standard InChI is InChI=1S/C20H26N2O3/c1-14(23)21-15-9-11-16(12-10-15)22-20(19-8-5-13-25-19)17-6-3-4-7-18(17)24-2/h3-8,13,15-16,20,22H,9-12H2,1-2H3,(H,21,23). The number of furan rings is 1. The molecule has 2 aromatic rings. The quantitative estimate of drug-likeness (QED) is 0.844. The summed E-state index contributed by atoms with van der Waals surface area (Å²) in [6.07, 6.45) is 5.74. The number of nitrogens with one attached hydrogen (secondary N) is 2. The van der Waals surface area contributed by atoms with E-state index in [1.807, 2.05) is 30.3 Å². The van der Waals surface area contributed by atoms with Crippen LogP contribution in [0, 0.1) is 0 Å². The van der Waals surface area contributed by atoms with E-state index in [0.29, 0.717) is 12.1 Å². The fourth-order valence-corrected chi connectivity index (χ4v) is 3.61. The van der Waals surface area contributed by atoms with E-state index in [-0.39, 0.29) is 11.9 Å². The van der Waals surface area contributed by atoms with Crippen molar-refractivity contribution in [1.82, 2.24) is 10.6 Å². The first kappa shape index (κ1) is 17.5. The molecule has 0 bridgehead atoms. The van der Waals surface area contributed by atoms with Crippen LogP contribution in [0.1, 0.15) is 50.0 Å². The van der Waals surface area contributed by atoms with Gasteiger partial charge in [-0.05, 0) is 43.9 Å². The zero-order valence-electron chi connectivity index (χ0n) is 14.8. The van der Waals surface area contributed by atoms with Crippen molar-refractivity contribution in [2.24, 2.45) is 0 Å². The minimum Gasteiger partial charge on any atom is -0.496 e. The van der Waals surface area contributed by atoms with Crippen LogP contribution in [0.3, 0.4) is 0 Å².